The molecule has 9 atom stereocenters. The van der Waals surface area contributed by atoms with Crippen LogP contribution < -0.4 is 0 Å². The van der Waals surface area contributed by atoms with E-state index in [1.54, 1.807) is 0 Å². The van der Waals surface area contributed by atoms with Crippen LogP contribution in [0.4, 0.5) is 0 Å². The molecule has 0 amide bonds. The molecule has 0 radical (unpaired) electrons. The summed E-state index contributed by atoms with van der Waals surface area (Å²) in [6.45, 7) is 3.24. The molecular weight excluding hydrogens is 364 g/mol. The van der Waals surface area contributed by atoms with Crippen LogP contribution >= 0.6 is 0 Å². The Labute approximate surface area is 155 Å². The fourth-order valence-corrected chi connectivity index (χ4v) is 3.76. The van der Waals surface area contributed by atoms with Gasteiger partial charge in [0.1, 0.15) is 24.4 Å². The van der Waals surface area contributed by atoms with E-state index >= 15 is 0 Å². The highest BCUT2D eigenvalue weighted by molar-refractivity contribution is 5.89. The molecule has 2 fully saturated rings. The van der Waals surface area contributed by atoms with Crippen LogP contribution in [0.3, 0.4) is 0 Å². The number of carbonyl (C=O) groups is 1. The quantitative estimate of drug-likeness (QED) is 0.264. The number of hydrogen-bond donors (Lipinski definition) is 5. The molecule has 0 aromatic rings. The van der Waals surface area contributed by atoms with Crippen molar-refractivity contribution in [2.24, 2.45) is 11.8 Å². The fraction of sp³-hybridized carbons (Fsp3) is 0.706. The Morgan fingerprint density at radius 1 is 1.22 bits per heavy atom. The third-order valence-electron chi connectivity index (χ3n) is 5.33. The third kappa shape index (κ3) is 3.49. The first-order valence-electron chi connectivity index (χ1n) is 8.56. The second-order valence-electron chi connectivity index (χ2n) is 6.86. The Balaban J connectivity index is 1.81. The van der Waals surface area contributed by atoms with Crippen LogP contribution in [0.15, 0.2) is 24.0 Å². The molecule has 5 N–H and O–H groups in total. The summed E-state index contributed by atoms with van der Waals surface area (Å²) in [5.41, 5.74) is 0.623. The van der Waals surface area contributed by atoms with Crippen molar-refractivity contribution in [3.05, 3.63) is 24.0 Å². The second kappa shape index (κ2) is 7.84. The molecule has 9 unspecified atom stereocenters. The molecule has 2 heterocycles. The maximum atomic E-state index is 12.0. The van der Waals surface area contributed by atoms with Crippen molar-refractivity contribution in [2.45, 2.75) is 49.5 Å². The van der Waals surface area contributed by atoms with E-state index in [-0.39, 0.29) is 12.0 Å². The minimum atomic E-state index is -1.60. The van der Waals surface area contributed by atoms with Gasteiger partial charge in [-0.1, -0.05) is 6.58 Å². The lowest BCUT2D eigenvalue weighted by atomic mass is 9.85. The maximum Gasteiger partial charge on any atom is 0.337 e. The van der Waals surface area contributed by atoms with Gasteiger partial charge in [-0.05, 0) is 12.0 Å². The monoisotopic (exact) mass is 388 g/mol. The summed E-state index contributed by atoms with van der Waals surface area (Å²) < 4.78 is 21.2. The molecule has 10 heteroatoms. The summed E-state index contributed by atoms with van der Waals surface area (Å²) >= 11 is 0. The zero-order valence-corrected chi connectivity index (χ0v) is 14.7. The highest BCUT2D eigenvalue weighted by atomic mass is 16.8. The van der Waals surface area contributed by atoms with E-state index in [4.69, 9.17) is 18.9 Å². The Morgan fingerprint density at radius 2 is 1.93 bits per heavy atom. The van der Waals surface area contributed by atoms with Crippen molar-refractivity contribution < 1.29 is 49.3 Å². The summed E-state index contributed by atoms with van der Waals surface area (Å²) in [4.78, 5) is 12.0. The summed E-state index contributed by atoms with van der Waals surface area (Å²) in [6, 6.07) is 0. The molecule has 1 saturated heterocycles. The SMILES string of the molecule is C=C1C(O)CC2C(C(=O)OC)=COC(OC3OC(CO)C(O)C(O)C3O)C12. The van der Waals surface area contributed by atoms with E-state index in [0.29, 0.717) is 5.57 Å². The number of aliphatic hydroxyl groups is 5. The molecule has 3 aliphatic rings. The first-order chi connectivity index (χ1) is 12.8. The molecular formula is C17H24O10. The van der Waals surface area contributed by atoms with Gasteiger partial charge in [0.2, 0.25) is 6.29 Å². The fourth-order valence-electron chi connectivity index (χ4n) is 3.76. The van der Waals surface area contributed by atoms with Crippen molar-refractivity contribution in [1.29, 1.82) is 0 Å². The zero-order valence-electron chi connectivity index (χ0n) is 14.7. The third-order valence-corrected chi connectivity index (χ3v) is 5.33. The van der Waals surface area contributed by atoms with Gasteiger partial charge in [0.05, 0.1) is 37.6 Å². The molecule has 1 aliphatic carbocycles. The Bertz CT molecular complexity index is 617. The minimum absolute atomic E-state index is 0.225. The van der Waals surface area contributed by atoms with E-state index < -0.39 is 67.5 Å². The van der Waals surface area contributed by atoms with Crippen LogP contribution in [0, 0.1) is 11.8 Å². The van der Waals surface area contributed by atoms with Gasteiger partial charge in [-0.3, -0.25) is 0 Å². The van der Waals surface area contributed by atoms with Gasteiger partial charge >= 0.3 is 5.97 Å². The molecule has 152 valence electrons. The highest BCUT2D eigenvalue weighted by Crippen LogP contribution is 2.46. The molecule has 0 spiro atoms. The van der Waals surface area contributed by atoms with Crippen molar-refractivity contribution in [1.82, 2.24) is 0 Å². The lowest BCUT2D eigenvalue weighted by Crippen LogP contribution is -2.60. The lowest BCUT2D eigenvalue weighted by molar-refractivity contribution is -0.339. The number of hydrogen-bond acceptors (Lipinski definition) is 10. The number of methoxy groups -OCH3 is 1. The van der Waals surface area contributed by atoms with E-state index in [0.717, 1.165) is 0 Å². The van der Waals surface area contributed by atoms with Crippen molar-refractivity contribution in [3.63, 3.8) is 0 Å². The first-order valence-corrected chi connectivity index (χ1v) is 8.56. The van der Waals surface area contributed by atoms with Crippen molar-refractivity contribution in [2.75, 3.05) is 13.7 Å². The van der Waals surface area contributed by atoms with Gasteiger partial charge in [-0.25, -0.2) is 4.79 Å². The molecule has 27 heavy (non-hydrogen) atoms. The van der Waals surface area contributed by atoms with E-state index in [9.17, 15) is 30.3 Å². The molecule has 0 aromatic heterocycles. The Kier molecular flexibility index (Phi) is 5.87. The Hall–Kier alpha value is -1.53. The summed E-state index contributed by atoms with van der Waals surface area (Å²) in [5, 5.41) is 49.3. The smallest absolute Gasteiger partial charge is 0.337 e. The van der Waals surface area contributed by atoms with Gasteiger partial charge in [-0.2, -0.15) is 0 Å². The van der Waals surface area contributed by atoms with E-state index in [2.05, 4.69) is 6.58 Å². The van der Waals surface area contributed by atoms with Gasteiger partial charge in [0.25, 0.3) is 0 Å². The lowest BCUT2D eigenvalue weighted by Gasteiger charge is -2.42. The molecule has 0 aromatic carbocycles. The van der Waals surface area contributed by atoms with Crippen LogP contribution in [-0.4, -0.2) is 88.3 Å². The number of ether oxygens (including phenoxy) is 4. The van der Waals surface area contributed by atoms with Crippen LogP contribution in [0.1, 0.15) is 6.42 Å². The van der Waals surface area contributed by atoms with Gasteiger partial charge in [-0.15, -0.1) is 0 Å². The van der Waals surface area contributed by atoms with Gasteiger partial charge in [0, 0.05) is 5.92 Å². The Morgan fingerprint density at radius 3 is 2.56 bits per heavy atom. The normalized spacial score (nSPS) is 44.3. The predicted octanol–water partition coefficient (Wildman–Crippen LogP) is -2.23. The van der Waals surface area contributed by atoms with Crippen LogP contribution in [0.25, 0.3) is 0 Å². The van der Waals surface area contributed by atoms with Crippen molar-refractivity contribution >= 4 is 5.97 Å². The zero-order chi connectivity index (χ0) is 19.9. The average Bonchev–Trinajstić information content (AvgIpc) is 2.96. The van der Waals surface area contributed by atoms with E-state index in [1.165, 1.54) is 13.4 Å². The number of carbonyl (C=O) groups excluding carboxylic acids is 1. The standard InChI is InChI=1S/C17H24O10/c1-6-9(19)3-7-8(15(23)24-2)5-25-16(11(6)7)27-17-14(22)13(21)12(20)10(4-18)26-17/h5,7,9-14,16-22H,1,3-4H2,2H3. The predicted molar refractivity (Wildman–Crippen MR) is 86.6 cm³/mol. The molecule has 1 saturated carbocycles. The molecule has 3 rings (SSSR count). The number of rotatable bonds is 4. The highest BCUT2D eigenvalue weighted by Gasteiger charge is 2.52. The molecule has 10 nitrogen and oxygen atoms in total. The van der Waals surface area contributed by atoms with Crippen LogP contribution in [0.2, 0.25) is 0 Å². The summed E-state index contributed by atoms with van der Waals surface area (Å²) in [7, 11) is 1.23. The number of aliphatic hydroxyl groups excluding tert-OH is 5. The average molecular weight is 388 g/mol. The van der Waals surface area contributed by atoms with Crippen LogP contribution in [-0.2, 0) is 23.7 Å². The summed E-state index contributed by atoms with van der Waals surface area (Å²) in [6.07, 6.45) is -7.82. The maximum absolute atomic E-state index is 12.0. The largest absolute Gasteiger partial charge is 0.471 e. The molecule has 0 bridgehead atoms. The van der Waals surface area contributed by atoms with E-state index in [1.807, 2.05) is 0 Å². The second-order valence-corrected chi connectivity index (χ2v) is 6.86. The number of fused-ring (bicyclic) bond motifs is 1. The molecule has 2 aliphatic heterocycles. The van der Waals surface area contributed by atoms with Crippen LogP contribution in [0.5, 0.6) is 0 Å². The minimum Gasteiger partial charge on any atom is -0.471 e. The van der Waals surface area contributed by atoms with Gasteiger partial charge < -0.3 is 44.5 Å². The van der Waals surface area contributed by atoms with Crippen molar-refractivity contribution in [3.8, 4) is 0 Å². The first kappa shape index (κ1) is 20.2. The van der Waals surface area contributed by atoms with Gasteiger partial charge in [0.15, 0.2) is 6.29 Å². The topological polar surface area (TPSA) is 155 Å². The summed E-state index contributed by atoms with van der Waals surface area (Å²) in [5.74, 6) is -1.69. The number of esters is 1.